The average Bonchev–Trinajstić information content (AvgIpc) is 2.67. The second-order valence-corrected chi connectivity index (χ2v) is 7.40. The Morgan fingerprint density at radius 2 is 2.27 bits per heavy atom. The van der Waals surface area contributed by atoms with Crippen LogP contribution >= 0.6 is 15.9 Å². The van der Waals surface area contributed by atoms with E-state index in [0.29, 0.717) is 25.6 Å². The molecule has 1 aliphatic rings. The number of nitrogens with zero attached hydrogens (tertiary/aromatic N) is 2. The zero-order valence-corrected chi connectivity index (χ0v) is 17.2. The molecule has 7 heteroatoms. The van der Waals surface area contributed by atoms with E-state index in [1.807, 2.05) is 12.1 Å². The van der Waals surface area contributed by atoms with Gasteiger partial charge in [-0.25, -0.2) is 4.98 Å². The molecule has 0 aliphatic carbocycles. The standard InChI is InChI=1S/C19H29BrN2O4/c1-15(26-14-17-7-3-5-12-25-17)19(23)22(10-4-6-11-24-2)18-9-8-16(20)13-21-18/h8-9,13,15,17H,3-7,10-12,14H2,1-2H3/t15-,17-/m0/s1. The minimum absolute atomic E-state index is 0.0759. The van der Waals surface area contributed by atoms with Crippen LogP contribution in [0.15, 0.2) is 22.8 Å². The number of halogens is 1. The van der Waals surface area contributed by atoms with Crippen LogP contribution in [0, 0.1) is 0 Å². The molecule has 2 rings (SSSR count). The van der Waals surface area contributed by atoms with Crippen molar-refractivity contribution in [1.29, 1.82) is 0 Å². The molecule has 2 heterocycles. The summed E-state index contributed by atoms with van der Waals surface area (Å²) in [4.78, 5) is 19.0. The number of anilines is 1. The van der Waals surface area contributed by atoms with Crippen LogP contribution in [0.4, 0.5) is 5.82 Å². The fraction of sp³-hybridized carbons (Fsp3) is 0.684. The molecular formula is C19H29BrN2O4. The first-order valence-corrected chi connectivity index (χ1v) is 10.1. The summed E-state index contributed by atoms with van der Waals surface area (Å²) in [6, 6.07) is 3.73. The Kier molecular flexibility index (Phi) is 9.53. The second-order valence-electron chi connectivity index (χ2n) is 6.49. The van der Waals surface area contributed by atoms with E-state index in [1.54, 1.807) is 25.1 Å². The average molecular weight is 429 g/mol. The van der Waals surface area contributed by atoms with Crippen molar-refractivity contribution >= 4 is 27.7 Å². The van der Waals surface area contributed by atoms with E-state index in [1.165, 1.54) is 0 Å². The fourth-order valence-corrected chi connectivity index (χ4v) is 3.10. The Hall–Kier alpha value is -1.02. The van der Waals surface area contributed by atoms with Crippen molar-refractivity contribution in [3.63, 3.8) is 0 Å². The molecule has 1 aliphatic heterocycles. The maximum Gasteiger partial charge on any atom is 0.256 e. The molecular weight excluding hydrogens is 400 g/mol. The van der Waals surface area contributed by atoms with Gasteiger partial charge in [-0.2, -0.15) is 0 Å². The van der Waals surface area contributed by atoms with Crippen molar-refractivity contribution < 1.29 is 19.0 Å². The number of carbonyl (C=O) groups is 1. The van der Waals surface area contributed by atoms with E-state index >= 15 is 0 Å². The number of hydrogen-bond donors (Lipinski definition) is 0. The zero-order valence-electron chi connectivity index (χ0n) is 15.7. The number of carbonyl (C=O) groups excluding carboxylic acids is 1. The van der Waals surface area contributed by atoms with Gasteiger partial charge >= 0.3 is 0 Å². The Bertz CT molecular complexity index is 535. The smallest absolute Gasteiger partial charge is 0.256 e. The van der Waals surface area contributed by atoms with Gasteiger partial charge in [0.25, 0.3) is 5.91 Å². The summed E-state index contributed by atoms with van der Waals surface area (Å²) < 4.78 is 17.5. The van der Waals surface area contributed by atoms with E-state index in [9.17, 15) is 4.79 Å². The van der Waals surface area contributed by atoms with Gasteiger partial charge < -0.3 is 14.2 Å². The van der Waals surface area contributed by atoms with Crippen LogP contribution in [-0.2, 0) is 19.0 Å². The number of aromatic nitrogens is 1. The molecule has 1 amide bonds. The maximum atomic E-state index is 12.9. The Balaban J connectivity index is 1.94. The van der Waals surface area contributed by atoms with E-state index in [2.05, 4.69) is 20.9 Å². The molecule has 2 atom stereocenters. The summed E-state index contributed by atoms with van der Waals surface area (Å²) in [6.07, 6.45) is 6.26. The topological polar surface area (TPSA) is 60.9 Å². The maximum absolute atomic E-state index is 12.9. The minimum atomic E-state index is -0.534. The lowest BCUT2D eigenvalue weighted by molar-refractivity contribution is -0.132. The zero-order chi connectivity index (χ0) is 18.8. The van der Waals surface area contributed by atoms with E-state index < -0.39 is 6.10 Å². The molecule has 1 aromatic rings. The molecule has 0 N–H and O–H groups in total. The van der Waals surface area contributed by atoms with Crippen molar-refractivity contribution in [3.05, 3.63) is 22.8 Å². The van der Waals surface area contributed by atoms with Gasteiger partial charge in [0, 0.05) is 37.5 Å². The SMILES string of the molecule is COCCCCN(C(=O)[C@H](C)OC[C@@H]1CCCCO1)c1ccc(Br)cn1. The van der Waals surface area contributed by atoms with Crippen LogP contribution in [0.25, 0.3) is 0 Å². The first-order chi connectivity index (χ1) is 12.6. The van der Waals surface area contributed by atoms with Crippen LogP contribution in [0.3, 0.4) is 0 Å². The summed E-state index contributed by atoms with van der Waals surface area (Å²) >= 11 is 3.38. The third kappa shape index (κ3) is 6.95. The molecule has 0 bridgehead atoms. The molecule has 0 unspecified atom stereocenters. The van der Waals surface area contributed by atoms with Crippen molar-refractivity contribution in [2.75, 3.05) is 38.4 Å². The molecule has 1 saturated heterocycles. The predicted octanol–water partition coefficient (Wildman–Crippen LogP) is 3.58. The van der Waals surface area contributed by atoms with E-state index in [0.717, 1.165) is 43.2 Å². The van der Waals surface area contributed by atoms with Crippen LogP contribution in [0.5, 0.6) is 0 Å². The summed E-state index contributed by atoms with van der Waals surface area (Å²) in [5, 5.41) is 0. The molecule has 0 saturated carbocycles. The molecule has 6 nitrogen and oxygen atoms in total. The van der Waals surface area contributed by atoms with E-state index in [-0.39, 0.29) is 12.0 Å². The first-order valence-electron chi connectivity index (χ1n) is 9.27. The summed E-state index contributed by atoms with van der Waals surface area (Å²) in [7, 11) is 1.68. The fourth-order valence-electron chi connectivity index (χ4n) is 2.86. The van der Waals surface area contributed by atoms with Gasteiger partial charge in [0.2, 0.25) is 0 Å². The normalized spacial score (nSPS) is 18.5. The van der Waals surface area contributed by atoms with Crippen molar-refractivity contribution in [3.8, 4) is 0 Å². The molecule has 1 aromatic heterocycles. The van der Waals surface area contributed by atoms with Gasteiger partial charge in [-0.15, -0.1) is 0 Å². The van der Waals surface area contributed by atoms with Crippen molar-refractivity contribution in [2.45, 2.75) is 51.2 Å². The number of unbranched alkanes of at least 4 members (excludes halogenated alkanes) is 1. The van der Waals surface area contributed by atoms with Gasteiger partial charge in [0.05, 0.1) is 12.7 Å². The number of hydrogen-bond acceptors (Lipinski definition) is 5. The largest absolute Gasteiger partial charge is 0.385 e. The van der Waals surface area contributed by atoms with Gasteiger partial charge in [-0.05, 0) is 67.1 Å². The summed E-state index contributed by atoms with van der Waals surface area (Å²) in [5.41, 5.74) is 0. The Morgan fingerprint density at radius 1 is 1.42 bits per heavy atom. The number of amides is 1. The number of methoxy groups -OCH3 is 1. The highest BCUT2D eigenvalue weighted by Gasteiger charge is 2.25. The Labute approximate surface area is 164 Å². The monoisotopic (exact) mass is 428 g/mol. The molecule has 146 valence electrons. The van der Waals surface area contributed by atoms with Gasteiger partial charge in [0.15, 0.2) is 0 Å². The lowest BCUT2D eigenvalue weighted by Crippen LogP contribution is -2.41. The molecule has 0 spiro atoms. The summed E-state index contributed by atoms with van der Waals surface area (Å²) in [6.45, 7) is 4.31. The highest BCUT2D eigenvalue weighted by Crippen LogP contribution is 2.18. The van der Waals surface area contributed by atoms with Crippen LogP contribution in [0.2, 0.25) is 0 Å². The quantitative estimate of drug-likeness (QED) is 0.532. The van der Waals surface area contributed by atoms with Gasteiger partial charge in [0.1, 0.15) is 11.9 Å². The number of ether oxygens (including phenoxy) is 3. The van der Waals surface area contributed by atoms with Crippen LogP contribution < -0.4 is 4.90 Å². The van der Waals surface area contributed by atoms with Crippen molar-refractivity contribution in [2.24, 2.45) is 0 Å². The number of pyridine rings is 1. The van der Waals surface area contributed by atoms with E-state index in [4.69, 9.17) is 14.2 Å². The second kappa shape index (κ2) is 11.6. The number of rotatable bonds is 10. The van der Waals surface area contributed by atoms with Crippen molar-refractivity contribution in [1.82, 2.24) is 4.98 Å². The lowest BCUT2D eigenvalue weighted by Gasteiger charge is -2.27. The lowest BCUT2D eigenvalue weighted by atomic mass is 10.1. The predicted molar refractivity (Wildman–Crippen MR) is 104 cm³/mol. The third-order valence-electron chi connectivity index (χ3n) is 4.39. The highest BCUT2D eigenvalue weighted by molar-refractivity contribution is 9.10. The van der Waals surface area contributed by atoms with Crippen LogP contribution in [0.1, 0.15) is 39.0 Å². The molecule has 1 fully saturated rings. The minimum Gasteiger partial charge on any atom is -0.385 e. The first kappa shape index (κ1) is 21.3. The third-order valence-corrected chi connectivity index (χ3v) is 4.86. The molecule has 0 radical (unpaired) electrons. The van der Waals surface area contributed by atoms with Gasteiger partial charge in [-0.3, -0.25) is 9.69 Å². The van der Waals surface area contributed by atoms with Gasteiger partial charge in [-0.1, -0.05) is 0 Å². The molecule has 26 heavy (non-hydrogen) atoms. The summed E-state index contributed by atoms with van der Waals surface area (Å²) in [5.74, 6) is 0.563. The molecule has 0 aromatic carbocycles. The highest BCUT2D eigenvalue weighted by atomic mass is 79.9. The Morgan fingerprint density at radius 3 is 2.92 bits per heavy atom. The van der Waals surface area contributed by atoms with Crippen LogP contribution in [-0.4, -0.2) is 56.6 Å².